The lowest BCUT2D eigenvalue weighted by molar-refractivity contribution is 0.625. The van der Waals surface area contributed by atoms with Gasteiger partial charge in [0.2, 0.25) is 0 Å². The van der Waals surface area contributed by atoms with Crippen LogP contribution in [0.5, 0.6) is 0 Å². The number of hydrogen-bond acceptors (Lipinski definition) is 4. The average Bonchev–Trinajstić information content (AvgIpc) is 2.88. The van der Waals surface area contributed by atoms with E-state index in [1.807, 2.05) is 25.1 Å². The van der Waals surface area contributed by atoms with Crippen molar-refractivity contribution in [1.82, 2.24) is 14.5 Å². The molecule has 0 aliphatic heterocycles. The van der Waals surface area contributed by atoms with Crippen LogP contribution in [0.25, 0.3) is 21.7 Å². The summed E-state index contributed by atoms with van der Waals surface area (Å²) in [5.74, 6) is 0.906. The number of hydrogen-bond donors (Lipinski definition) is 1. The van der Waals surface area contributed by atoms with Gasteiger partial charge in [-0.25, -0.2) is 9.97 Å². The molecule has 0 fully saturated rings. The summed E-state index contributed by atoms with van der Waals surface area (Å²) in [5.41, 5.74) is 8.69. The molecule has 0 amide bonds. The first-order chi connectivity index (χ1) is 9.47. The van der Waals surface area contributed by atoms with Gasteiger partial charge in [-0.3, -0.25) is 0 Å². The smallest absolute Gasteiger partial charge is 0.180 e. The van der Waals surface area contributed by atoms with Gasteiger partial charge < -0.3 is 10.3 Å². The zero-order chi connectivity index (χ0) is 14.4. The maximum absolute atomic E-state index is 6.12. The quantitative estimate of drug-likeness (QED) is 0.768. The standard InChI is InChI=1S/C14H15ClN4S/c1-7(2)19-11-6-9(15)4-5-10(11)18-13(19)12-8(3)17-14(16)20-12/h4-7H,1-3H3,(H2,16,17). The molecule has 2 heterocycles. The Morgan fingerprint density at radius 3 is 2.65 bits per heavy atom. The summed E-state index contributed by atoms with van der Waals surface area (Å²) in [5, 5.41) is 1.28. The highest BCUT2D eigenvalue weighted by Gasteiger charge is 2.19. The molecule has 0 spiro atoms. The van der Waals surface area contributed by atoms with E-state index in [4.69, 9.17) is 22.3 Å². The zero-order valence-corrected chi connectivity index (χ0v) is 13.1. The first-order valence-corrected chi connectivity index (χ1v) is 7.57. The molecule has 0 saturated heterocycles. The van der Waals surface area contributed by atoms with Gasteiger partial charge >= 0.3 is 0 Å². The summed E-state index contributed by atoms with van der Waals surface area (Å²) < 4.78 is 2.18. The molecule has 2 aromatic heterocycles. The van der Waals surface area contributed by atoms with Crippen molar-refractivity contribution in [3.8, 4) is 10.7 Å². The summed E-state index contributed by atoms with van der Waals surface area (Å²) >= 11 is 7.58. The first kappa shape index (κ1) is 13.4. The van der Waals surface area contributed by atoms with E-state index in [0.717, 1.165) is 27.4 Å². The van der Waals surface area contributed by atoms with Crippen LogP contribution >= 0.6 is 22.9 Å². The van der Waals surface area contributed by atoms with E-state index >= 15 is 0 Å². The fourth-order valence-electron chi connectivity index (χ4n) is 2.37. The summed E-state index contributed by atoms with van der Waals surface area (Å²) in [7, 11) is 0. The minimum Gasteiger partial charge on any atom is -0.375 e. The Hall–Kier alpha value is -1.59. The molecule has 0 bridgehead atoms. The van der Waals surface area contributed by atoms with Crippen molar-refractivity contribution < 1.29 is 0 Å². The van der Waals surface area contributed by atoms with E-state index in [2.05, 4.69) is 23.4 Å². The van der Waals surface area contributed by atoms with Crippen molar-refractivity contribution in [2.24, 2.45) is 0 Å². The third kappa shape index (κ3) is 2.07. The van der Waals surface area contributed by atoms with Gasteiger partial charge in [0.15, 0.2) is 11.0 Å². The highest BCUT2D eigenvalue weighted by Crippen LogP contribution is 2.35. The third-order valence-corrected chi connectivity index (χ3v) is 4.40. The monoisotopic (exact) mass is 306 g/mol. The number of rotatable bonds is 2. The molecular formula is C14H15ClN4S. The Morgan fingerprint density at radius 1 is 1.30 bits per heavy atom. The van der Waals surface area contributed by atoms with Crippen LogP contribution in [0, 0.1) is 6.92 Å². The van der Waals surface area contributed by atoms with E-state index in [1.165, 1.54) is 11.3 Å². The molecular weight excluding hydrogens is 292 g/mol. The second-order valence-electron chi connectivity index (χ2n) is 5.00. The number of halogens is 1. The Morgan fingerprint density at radius 2 is 2.05 bits per heavy atom. The molecule has 0 aliphatic rings. The van der Waals surface area contributed by atoms with Crippen molar-refractivity contribution in [2.75, 3.05) is 5.73 Å². The Bertz CT molecular complexity index is 788. The molecule has 4 nitrogen and oxygen atoms in total. The number of nitrogens with zero attached hydrogens (tertiary/aromatic N) is 3. The van der Waals surface area contributed by atoms with Crippen LogP contribution in [-0.2, 0) is 0 Å². The van der Waals surface area contributed by atoms with Gasteiger partial charge in [0.1, 0.15) is 0 Å². The molecule has 1 aromatic carbocycles. The van der Waals surface area contributed by atoms with Crippen LogP contribution in [0.2, 0.25) is 5.02 Å². The number of aromatic nitrogens is 3. The Labute approximate surface area is 126 Å². The van der Waals surface area contributed by atoms with Gasteiger partial charge in [-0.1, -0.05) is 22.9 Å². The third-order valence-electron chi connectivity index (χ3n) is 3.18. The lowest BCUT2D eigenvalue weighted by atomic mass is 10.3. The van der Waals surface area contributed by atoms with Crippen molar-refractivity contribution >= 4 is 39.1 Å². The molecule has 3 aromatic rings. The summed E-state index contributed by atoms with van der Waals surface area (Å²) in [4.78, 5) is 10.0. The van der Waals surface area contributed by atoms with Crippen molar-refractivity contribution in [3.63, 3.8) is 0 Å². The van der Waals surface area contributed by atoms with Crippen LogP contribution < -0.4 is 5.73 Å². The first-order valence-electron chi connectivity index (χ1n) is 6.38. The fraction of sp³-hybridized carbons (Fsp3) is 0.286. The highest BCUT2D eigenvalue weighted by atomic mass is 35.5. The molecule has 6 heteroatoms. The molecule has 104 valence electrons. The molecule has 20 heavy (non-hydrogen) atoms. The maximum atomic E-state index is 6.12. The minimum absolute atomic E-state index is 0.274. The lowest BCUT2D eigenvalue weighted by Crippen LogP contribution is -2.02. The zero-order valence-electron chi connectivity index (χ0n) is 11.5. The second kappa shape index (κ2) is 4.75. The minimum atomic E-state index is 0.274. The second-order valence-corrected chi connectivity index (χ2v) is 6.47. The van der Waals surface area contributed by atoms with Gasteiger partial charge in [0, 0.05) is 11.1 Å². The summed E-state index contributed by atoms with van der Waals surface area (Å²) in [6.07, 6.45) is 0. The van der Waals surface area contributed by atoms with E-state index in [0.29, 0.717) is 10.2 Å². The molecule has 0 saturated carbocycles. The predicted octanol–water partition coefficient (Wildman–Crippen LogP) is 4.28. The topological polar surface area (TPSA) is 56.7 Å². The van der Waals surface area contributed by atoms with Gasteiger partial charge in [-0.2, -0.15) is 0 Å². The largest absolute Gasteiger partial charge is 0.375 e. The molecule has 2 N–H and O–H groups in total. The number of aryl methyl sites for hydroxylation is 1. The summed E-state index contributed by atoms with van der Waals surface area (Å²) in [6, 6.07) is 6.03. The summed E-state index contributed by atoms with van der Waals surface area (Å²) in [6.45, 7) is 6.22. The Balaban J connectivity index is 2.35. The molecule has 0 atom stereocenters. The molecule has 0 unspecified atom stereocenters. The van der Waals surface area contributed by atoms with E-state index in [9.17, 15) is 0 Å². The van der Waals surface area contributed by atoms with Crippen molar-refractivity contribution in [3.05, 3.63) is 28.9 Å². The van der Waals surface area contributed by atoms with Gasteiger partial charge in [-0.15, -0.1) is 0 Å². The number of nitrogen functional groups attached to an aromatic ring is 1. The SMILES string of the molecule is Cc1nc(N)sc1-c1nc2ccc(Cl)cc2n1C(C)C. The van der Waals surface area contributed by atoms with Crippen LogP contribution in [0.3, 0.4) is 0 Å². The molecule has 0 aliphatic carbocycles. The van der Waals surface area contributed by atoms with Crippen LogP contribution in [0.1, 0.15) is 25.6 Å². The van der Waals surface area contributed by atoms with Gasteiger partial charge in [0.25, 0.3) is 0 Å². The average molecular weight is 307 g/mol. The van der Waals surface area contributed by atoms with Crippen molar-refractivity contribution in [1.29, 1.82) is 0 Å². The normalized spacial score (nSPS) is 11.7. The number of imidazole rings is 1. The maximum Gasteiger partial charge on any atom is 0.180 e. The number of benzene rings is 1. The van der Waals surface area contributed by atoms with Crippen LogP contribution in [0.4, 0.5) is 5.13 Å². The van der Waals surface area contributed by atoms with E-state index in [-0.39, 0.29) is 6.04 Å². The van der Waals surface area contributed by atoms with E-state index in [1.54, 1.807) is 0 Å². The van der Waals surface area contributed by atoms with Crippen molar-refractivity contribution in [2.45, 2.75) is 26.8 Å². The van der Waals surface area contributed by atoms with Gasteiger partial charge in [-0.05, 0) is 39.0 Å². The van der Waals surface area contributed by atoms with Crippen LogP contribution in [-0.4, -0.2) is 14.5 Å². The number of fused-ring (bicyclic) bond motifs is 1. The molecule has 3 rings (SSSR count). The highest BCUT2D eigenvalue weighted by molar-refractivity contribution is 7.18. The number of nitrogens with two attached hydrogens (primary N) is 1. The van der Waals surface area contributed by atoms with Gasteiger partial charge in [0.05, 0.1) is 21.6 Å². The van der Waals surface area contributed by atoms with E-state index < -0.39 is 0 Å². The lowest BCUT2D eigenvalue weighted by Gasteiger charge is -2.12. The van der Waals surface area contributed by atoms with Crippen LogP contribution in [0.15, 0.2) is 18.2 Å². The number of thiazole rings is 1. The fourth-order valence-corrected chi connectivity index (χ4v) is 3.36. The number of anilines is 1. The molecule has 0 radical (unpaired) electrons. The predicted molar refractivity (Wildman–Crippen MR) is 85.4 cm³/mol. The Kier molecular flexibility index (Phi) is 3.18.